The number of hydrogen-bond donors (Lipinski definition) is 0. The highest BCUT2D eigenvalue weighted by Crippen LogP contribution is 2.26. The van der Waals surface area contributed by atoms with Crippen LogP contribution < -0.4 is 0 Å². The van der Waals surface area contributed by atoms with Gasteiger partial charge in [-0.3, -0.25) is 4.90 Å². The van der Waals surface area contributed by atoms with Crippen molar-refractivity contribution in [1.82, 2.24) is 4.90 Å². The molecule has 80 valence electrons. The largest absolute Gasteiger partial charge is 0.369 e. The highest BCUT2D eigenvalue weighted by Gasteiger charge is 2.05. The van der Waals surface area contributed by atoms with E-state index in [0.717, 1.165) is 6.54 Å². The van der Waals surface area contributed by atoms with Crippen molar-refractivity contribution < 1.29 is 4.74 Å². The van der Waals surface area contributed by atoms with Crippen LogP contribution in [0.1, 0.15) is 5.56 Å². The summed E-state index contributed by atoms with van der Waals surface area (Å²) in [6, 6.07) is 8.53. The monoisotopic (exact) mass is 221 g/mol. The zero-order chi connectivity index (χ0) is 10.7. The van der Waals surface area contributed by atoms with E-state index < -0.39 is 0 Å². The molecular formula is C12H15NOS. The van der Waals surface area contributed by atoms with E-state index >= 15 is 0 Å². The second-order valence-corrected chi connectivity index (χ2v) is 4.60. The number of nitrogens with zero attached hydrogens (tertiary/aromatic N) is 1. The van der Waals surface area contributed by atoms with E-state index in [1.165, 1.54) is 15.6 Å². The maximum atomic E-state index is 5.09. The van der Waals surface area contributed by atoms with E-state index in [1.807, 2.05) is 0 Å². The Bertz CT molecular complexity index is 438. The van der Waals surface area contributed by atoms with Gasteiger partial charge in [0, 0.05) is 18.4 Å². The molecule has 2 aromatic rings. The molecule has 0 aliphatic rings. The van der Waals surface area contributed by atoms with Crippen LogP contribution in [-0.2, 0) is 11.3 Å². The zero-order valence-corrected chi connectivity index (χ0v) is 9.88. The van der Waals surface area contributed by atoms with E-state index in [1.54, 1.807) is 18.4 Å². The summed E-state index contributed by atoms with van der Waals surface area (Å²) in [5.74, 6) is 0. The lowest BCUT2D eigenvalue weighted by atomic mass is 10.2. The van der Waals surface area contributed by atoms with Crippen LogP contribution in [0, 0.1) is 0 Å². The van der Waals surface area contributed by atoms with Crippen molar-refractivity contribution in [2.45, 2.75) is 6.54 Å². The van der Waals surface area contributed by atoms with Crippen molar-refractivity contribution in [2.75, 3.05) is 20.9 Å². The molecule has 0 saturated carbocycles. The fourth-order valence-corrected chi connectivity index (χ4v) is 2.67. The molecule has 2 rings (SSSR count). The van der Waals surface area contributed by atoms with Gasteiger partial charge in [0.05, 0.1) is 6.73 Å². The lowest BCUT2D eigenvalue weighted by Gasteiger charge is -2.14. The number of benzene rings is 1. The first kappa shape index (κ1) is 10.6. The van der Waals surface area contributed by atoms with Crippen LogP contribution in [0.15, 0.2) is 29.6 Å². The van der Waals surface area contributed by atoms with Crippen molar-refractivity contribution in [3.8, 4) is 0 Å². The molecule has 0 bridgehead atoms. The second-order valence-electron chi connectivity index (χ2n) is 3.69. The first-order valence-electron chi connectivity index (χ1n) is 4.94. The minimum absolute atomic E-state index is 0.671. The molecule has 0 radical (unpaired) electrons. The molecule has 0 amide bonds. The average Bonchev–Trinajstić information content (AvgIpc) is 2.62. The maximum absolute atomic E-state index is 5.09. The van der Waals surface area contributed by atoms with Crippen LogP contribution >= 0.6 is 11.3 Å². The van der Waals surface area contributed by atoms with Crippen LogP contribution in [0.3, 0.4) is 0 Å². The van der Waals surface area contributed by atoms with Gasteiger partial charge < -0.3 is 4.74 Å². The maximum Gasteiger partial charge on any atom is 0.0986 e. The van der Waals surface area contributed by atoms with Crippen molar-refractivity contribution in [1.29, 1.82) is 0 Å². The predicted molar refractivity (Wildman–Crippen MR) is 65.2 cm³/mol. The molecule has 0 spiro atoms. The normalized spacial score (nSPS) is 11.4. The van der Waals surface area contributed by atoms with Gasteiger partial charge in [-0.1, -0.05) is 18.2 Å². The Labute approximate surface area is 94.1 Å². The van der Waals surface area contributed by atoms with Crippen LogP contribution in [0.5, 0.6) is 0 Å². The van der Waals surface area contributed by atoms with Crippen LogP contribution in [-0.4, -0.2) is 25.8 Å². The fraction of sp³-hybridized carbons (Fsp3) is 0.333. The van der Waals surface area contributed by atoms with Crippen molar-refractivity contribution >= 4 is 21.4 Å². The lowest BCUT2D eigenvalue weighted by Crippen LogP contribution is -2.19. The van der Waals surface area contributed by atoms with Crippen molar-refractivity contribution in [3.63, 3.8) is 0 Å². The summed E-state index contributed by atoms with van der Waals surface area (Å²) in [7, 11) is 3.79. The van der Waals surface area contributed by atoms with E-state index in [2.05, 4.69) is 41.6 Å². The summed E-state index contributed by atoms with van der Waals surface area (Å²) in [6.45, 7) is 1.61. The number of hydrogen-bond acceptors (Lipinski definition) is 3. The smallest absolute Gasteiger partial charge is 0.0986 e. The highest BCUT2D eigenvalue weighted by molar-refractivity contribution is 7.17. The van der Waals surface area contributed by atoms with Crippen LogP contribution in [0.25, 0.3) is 10.1 Å². The third-order valence-corrected chi connectivity index (χ3v) is 3.36. The highest BCUT2D eigenvalue weighted by atomic mass is 32.1. The number of rotatable bonds is 4. The number of ether oxygens (including phenoxy) is 1. The fourth-order valence-electron chi connectivity index (χ4n) is 1.71. The van der Waals surface area contributed by atoms with Gasteiger partial charge in [0.15, 0.2) is 0 Å². The average molecular weight is 221 g/mol. The zero-order valence-electron chi connectivity index (χ0n) is 9.06. The molecule has 0 fully saturated rings. The van der Waals surface area contributed by atoms with Gasteiger partial charge in [0.25, 0.3) is 0 Å². The molecule has 0 atom stereocenters. The van der Waals surface area contributed by atoms with Gasteiger partial charge in [0.1, 0.15) is 0 Å². The van der Waals surface area contributed by atoms with Gasteiger partial charge in [-0.2, -0.15) is 0 Å². The van der Waals surface area contributed by atoms with E-state index in [4.69, 9.17) is 4.74 Å². The molecule has 1 heterocycles. The molecule has 0 saturated heterocycles. The second kappa shape index (κ2) is 4.75. The summed E-state index contributed by atoms with van der Waals surface area (Å²) >= 11 is 1.81. The molecule has 0 unspecified atom stereocenters. The summed E-state index contributed by atoms with van der Waals surface area (Å²) < 4.78 is 6.45. The molecule has 1 aromatic heterocycles. The molecular weight excluding hydrogens is 206 g/mol. The molecule has 0 aliphatic carbocycles. The summed E-state index contributed by atoms with van der Waals surface area (Å²) in [5.41, 5.74) is 1.38. The Morgan fingerprint density at radius 2 is 2.13 bits per heavy atom. The number of thiophene rings is 1. The minimum Gasteiger partial charge on any atom is -0.369 e. The first-order valence-corrected chi connectivity index (χ1v) is 5.82. The molecule has 15 heavy (non-hydrogen) atoms. The summed E-state index contributed by atoms with van der Waals surface area (Å²) in [4.78, 5) is 2.16. The predicted octanol–water partition coefficient (Wildman–Crippen LogP) is 2.94. The third kappa shape index (κ3) is 2.37. The Hall–Kier alpha value is -0.900. The van der Waals surface area contributed by atoms with Crippen LogP contribution in [0.2, 0.25) is 0 Å². The number of fused-ring (bicyclic) bond motifs is 1. The Morgan fingerprint density at radius 1 is 1.33 bits per heavy atom. The van der Waals surface area contributed by atoms with Gasteiger partial charge >= 0.3 is 0 Å². The molecule has 2 nitrogen and oxygen atoms in total. The topological polar surface area (TPSA) is 12.5 Å². The Kier molecular flexibility index (Phi) is 3.36. The molecule has 1 aromatic carbocycles. The van der Waals surface area contributed by atoms with E-state index in [9.17, 15) is 0 Å². The van der Waals surface area contributed by atoms with E-state index in [-0.39, 0.29) is 0 Å². The molecule has 0 N–H and O–H groups in total. The van der Waals surface area contributed by atoms with Gasteiger partial charge in [-0.05, 0) is 29.4 Å². The molecule has 0 aliphatic heterocycles. The van der Waals surface area contributed by atoms with Gasteiger partial charge in [-0.25, -0.2) is 0 Å². The standard InChI is InChI=1S/C12H15NOS/c1-13(9-14-2)7-10-8-15-12-6-4-3-5-11(10)12/h3-6,8H,7,9H2,1-2H3. The third-order valence-electron chi connectivity index (χ3n) is 2.35. The Balaban J connectivity index is 2.21. The Morgan fingerprint density at radius 3 is 2.93 bits per heavy atom. The van der Waals surface area contributed by atoms with Gasteiger partial charge in [-0.15, -0.1) is 11.3 Å². The number of methoxy groups -OCH3 is 1. The van der Waals surface area contributed by atoms with E-state index in [0.29, 0.717) is 6.73 Å². The van der Waals surface area contributed by atoms with Crippen LogP contribution in [0.4, 0.5) is 0 Å². The summed E-state index contributed by atoms with van der Waals surface area (Å²) in [5, 5.41) is 3.60. The van der Waals surface area contributed by atoms with Crippen molar-refractivity contribution in [3.05, 3.63) is 35.2 Å². The quantitative estimate of drug-likeness (QED) is 0.736. The van der Waals surface area contributed by atoms with Crippen molar-refractivity contribution in [2.24, 2.45) is 0 Å². The minimum atomic E-state index is 0.671. The first-order chi connectivity index (χ1) is 7.31. The van der Waals surface area contributed by atoms with Gasteiger partial charge in [0.2, 0.25) is 0 Å². The molecule has 3 heteroatoms. The SMILES string of the molecule is COCN(C)Cc1csc2ccccc12. The lowest BCUT2D eigenvalue weighted by molar-refractivity contribution is 0.0775. The summed E-state index contributed by atoms with van der Waals surface area (Å²) in [6.07, 6.45) is 0.